The SMILES string of the molecule is O=C(COc1c(I)cc(C=NN2C(=O)[C@@H]3[C@H](C2=O)[C@H]2C=C[C@H]3C2)cc1I)N1CCOCC1. The Morgan fingerprint density at radius 1 is 1.09 bits per heavy atom. The van der Waals surface area contributed by atoms with Crippen molar-refractivity contribution >= 4 is 69.1 Å². The molecular formula is C22H21I2N3O5. The van der Waals surface area contributed by atoms with Gasteiger partial charge in [0.1, 0.15) is 5.75 Å². The van der Waals surface area contributed by atoms with Gasteiger partial charge in [-0.05, 0) is 81.1 Å². The zero-order valence-corrected chi connectivity index (χ0v) is 21.4. The number of fused-ring (bicyclic) bond motifs is 5. The van der Waals surface area contributed by atoms with E-state index < -0.39 is 0 Å². The fourth-order valence-electron chi connectivity index (χ4n) is 4.95. The van der Waals surface area contributed by atoms with E-state index >= 15 is 0 Å². The first-order valence-corrected chi connectivity index (χ1v) is 12.7. The molecule has 2 saturated heterocycles. The molecule has 2 bridgehead atoms. The molecule has 32 heavy (non-hydrogen) atoms. The lowest BCUT2D eigenvalue weighted by molar-refractivity contribution is -0.140. The Morgan fingerprint density at radius 3 is 2.28 bits per heavy atom. The molecule has 4 atom stereocenters. The minimum absolute atomic E-state index is 0.0324. The first-order chi connectivity index (χ1) is 15.4. The Balaban J connectivity index is 1.25. The van der Waals surface area contributed by atoms with Gasteiger partial charge >= 0.3 is 0 Å². The maximum Gasteiger partial charge on any atom is 0.260 e. The van der Waals surface area contributed by atoms with E-state index in [1.54, 1.807) is 11.1 Å². The van der Waals surface area contributed by atoms with E-state index in [0.29, 0.717) is 32.1 Å². The topological polar surface area (TPSA) is 88.5 Å². The van der Waals surface area contributed by atoms with Crippen molar-refractivity contribution in [1.82, 2.24) is 9.91 Å². The van der Waals surface area contributed by atoms with Gasteiger partial charge in [-0.3, -0.25) is 14.4 Å². The highest BCUT2D eigenvalue weighted by Gasteiger charge is 2.59. The zero-order valence-electron chi connectivity index (χ0n) is 17.1. The lowest BCUT2D eigenvalue weighted by Gasteiger charge is -2.26. The number of benzene rings is 1. The molecular weight excluding hydrogens is 640 g/mol. The van der Waals surface area contributed by atoms with Crippen LogP contribution in [-0.2, 0) is 19.1 Å². The Morgan fingerprint density at radius 2 is 1.69 bits per heavy atom. The molecule has 8 nitrogen and oxygen atoms in total. The third-order valence-electron chi connectivity index (χ3n) is 6.49. The number of imide groups is 1. The average Bonchev–Trinajstić information content (AvgIpc) is 3.46. The molecule has 0 spiro atoms. The third kappa shape index (κ3) is 3.98. The molecule has 4 aliphatic rings. The number of hydrogen-bond donors (Lipinski definition) is 0. The minimum atomic E-state index is -0.255. The molecule has 168 valence electrons. The maximum atomic E-state index is 12.8. The van der Waals surface area contributed by atoms with E-state index in [1.165, 1.54) is 0 Å². The summed E-state index contributed by atoms with van der Waals surface area (Å²) in [4.78, 5) is 39.6. The number of amides is 3. The summed E-state index contributed by atoms with van der Waals surface area (Å²) < 4.78 is 12.7. The van der Waals surface area contributed by atoms with Gasteiger partial charge in [-0.25, -0.2) is 0 Å². The molecule has 1 aromatic rings. The van der Waals surface area contributed by atoms with Crippen LogP contribution in [0.15, 0.2) is 29.4 Å². The third-order valence-corrected chi connectivity index (χ3v) is 8.10. The number of ether oxygens (including phenoxy) is 2. The summed E-state index contributed by atoms with van der Waals surface area (Å²) in [5.74, 6) is 0.00363. The molecule has 0 unspecified atom stereocenters. The molecule has 2 heterocycles. The van der Waals surface area contributed by atoms with Gasteiger partial charge in [0.15, 0.2) is 6.61 Å². The Bertz CT molecular complexity index is 983. The van der Waals surface area contributed by atoms with Crippen LogP contribution in [0, 0.1) is 30.8 Å². The quantitative estimate of drug-likeness (QED) is 0.209. The Hall–Kier alpha value is -1.54. The molecule has 0 radical (unpaired) electrons. The van der Waals surface area contributed by atoms with Gasteiger partial charge in [0.25, 0.3) is 17.7 Å². The summed E-state index contributed by atoms with van der Waals surface area (Å²) in [5.41, 5.74) is 0.754. The van der Waals surface area contributed by atoms with Crippen LogP contribution in [0.1, 0.15) is 12.0 Å². The van der Waals surface area contributed by atoms with E-state index in [-0.39, 0.29) is 48.0 Å². The fourth-order valence-corrected chi connectivity index (χ4v) is 7.08. The summed E-state index contributed by atoms with van der Waals surface area (Å²) in [6.07, 6.45) is 6.57. The van der Waals surface area contributed by atoms with Crippen molar-refractivity contribution in [2.45, 2.75) is 6.42 Å². The summed E-state index contributed by atoms with van der Waals surface area (Å²) in [5, 5.41) is 5.29. The number of carbonyl (C=O) groups is 3. The molecule has 2 aliphatic heterocycles. The summed E-state index contributed by atoms with van der Waals surface area (Å²) >= 11 is 4.30. The molecule has 1 saturated carbocycles. The number of nitrogens with zero attached hydrogens (tertiary/aromatic N) is 3. The molecule has 3 amide bonds. The van der Waals surface area contributed by atoms with Crippen molar-refractivity contribution in [2.75, 3.05) is 32.9 Å². The van der Waals surface area contributed by atoms with Gasteiger partial charge < -0.3 is 14.4 Å². The second-order valence-corrected chi connectivity index (χ2v) is 10.7. The van der Waals surface area contributed by atoms with Crippen LogP contribution in [-0.4, -0.2) is 66.8 Å². The molecule has 0 N–H and O–H groups in total. The summed E-state index contributed by atoms with van der Waals surface area (Å²) in [6, 6.07) is 3.72. The van der Waals surface area contributed by atoms with Crippen LogP contribution in [0.3, 0.4) is 0 Å². The van der Waals surface area contributed by atoms with E-state index in [0.717, 1.165) is 24.1 Å². The van der Waals surface area contributed by atoms with Crippen molar-refractivity contribution in [2.24, 2.45) is 28.8 Å². The lowest BCUT2D eigenvalue weighted by Crippen LogP contribution is -2.43. The molecule has 1 aromatic carbocycles. The number of rotatable bonds is 5. The molecule has 5 rings (SSSR count). The van der Waals surface area contributed by atoms with Gasteiger partial charge in [0, 0.05) is 13.1 Å². The van der Waals surface area contributed by atoms with E-state index in [4.69, 9.17) is 9.47 Å². The van der Waals surface area contributed by atoms with Crippen molar-refractivity contribution < 1.29 is 23.9 Å². The summed E-state index contributed by atoms with van der Waals surface area (Å²) in [7, 11) is 0. The standard InChI is InChI=1S/C22H21I2N3O5/c23-15-7-12(8-16(24)20(15)32-11-17(28)26-3-5-31-6-4-26)10-25-27-21(29)18-13-1-2-14(9-13)19(18)22(27)30/h1-2,7-8,10,13-14,18-19H,3-6,9,11H2/t13-,14-,18-,19+/m0/s1. The molecule has 10 heteroatoms. The van der Waals surface area contributed by atoms with Gasteiger partial charge in [-0.2, -0.15) is 10.1 Å². The zero-order chi connectivity index (χ0) is 22.4. The van der Waals surface area contributed by atoms with Crippen LogP contribution < -0.4 is 4.74 Å². The van der Waals surface area contributed by atoms with Gasteiger partial charge in [-0.1, -0.05) is 12.2 Å². The number of halogens is 2. The molecule has 2 aliphatic carbocycles. The van der Waals surface area contributed by atoms with Crippen LogP contribution in [0.5, 0.6) is 5.75 Å². The first kappa shape index (κ1) is 22.3. The molecule has 0 aromatic heterocycles. The van der Waals surface area contributed by atoms with E-state index in [2.05, 4.69) is 62.4 Å². The maximum absolute atomic E-state index is 12.8. The van der Waals surface area contributed by atoms with Crippen LogP contribution in [0.25, 0.3) is 0 Å². The highest BCUT2D eigenvalue weighted by atomic mass is 127. The van der Waals surface area contributed by atoms with Crippen LogP contribution in [0.2, 0.25) is 0 Å². The number of allylic oxidation sites excluding steroid dienone is 2. The highest BCUT2D eigenvalue weighted by molar-refractivity contribution is 14.1. The molecule has 3 fully saturated rings. The number of hydrogen-bond acceptors (Lipinski definition) is 6. The van der Waals surface area contributed by atoms with Gasteiger partial charge in [0.2, 0.25) is 0 Å². The number of carbonyl (C=O) groups excluding carboxylic acids is 3. The van der Waals surface area contributed by atoms with Gasteiger partial charge in [0.05, 0.1) is 38.4 Å². The number of morpholine rings is 1. The van der Waals surface area contributed by atoms with Crippen molar-refractivity contribution in [3.63, 3.8) is 0 Å². The summed E-state index contributed by atoms with van der Waals surface area (Å²) in [6.45, 7) is 2.24. The predicted octanol–water partition coefficient (Wildman–Crippen LogP) is 2.27. The van der Waals surface area contributed by atoms with Crippen molar-refractivity contribution in [1.29, 1.82) is 0 Å². The van der Waals surface area contributed by atoms with Crippen molar-refractivity contribution in [3.8, 4) is 5.75 Å². The Kier molecular flexibility index (Phi) is 6.27. The minimum Gasteiger partial charge on any atom is -0.482 e. The van der Waals surface area contributed by atoms with E-state index in [1.807, 2.05) is 12.1 Å². The fraction of sp³-hybridized carbons (Fsp3) is 0.455. The normalized spacial score (nSPS) is 28.8. The highest BCUT2D eigenvalue weighted by Crippen LogP contribution is 2.52. The van der Waals surface area contributed by atoms with Crippen LogP contribution >= 0.6 is 45.2 Å². The monoisotopic (exact) mass is 661 g/mol. The smallest absolute Gasteiger partial charge is 0.260 e. The van der Waals surface area contributed by atoms with Crippen molar-refractivity contribution in [3.05, 3.63) is 37.0 Å². The first-order valence-electron chi connectivity index (χ1n) is 10.5. The van der Waals surface area contributed by atoms with Crippen LogP contribution in [0.4, 0.5) is 0 Å². The van der Waals surface area contributed by atoms with E-state index in [9.17, 15) is 14.4 Å². The largest absolute Gasteiger partial charge is 0.482 e. The number of hydrazone groups is 1. The average molecular weight is 661 g/mol. The second kappa shape index (κ2) is 9.01. The van der Waals surface area contributed by atoms with Gasteiger partial charge in [-0.15, -0.1) is 0 Å². The Labute approximate surface area is 212 Å². The predicted molar refractivity (Wildman–Crippen MR) is 132 cm³/mol. The lowest BCUT2D eigenvalue weighted by atomic mass is 9.85. The second-order valence-electron chi connectivity index (χ2n) is 8.33.